The Morgan fingerprint density at radius 2 is 2.03 bits per heavy atom. The van der Waals surface area contributed by atoms with E-state index in [4.69, 9.17) is 17.0 Å². The predicted octanol–water partition coefficient (Wildman–Crippen LogP) is 3.65. The van der Waals surface area contributed by atoms with Crippen LogP contribution in [0.25, 0.3) is 11.4 Å². The van der Waals surface area contributed by atoms with E-state index in [1.807, 2.05) is 31.2 Å². The summed E-state index contributed by atoms with van der Waals surface area (Å²) in [5.41, 5.74) is 2.76. The Balaban J connectivity index is 1.47. The summed E-state index contributed by atoms with van der Waals surface area (Å²) >= 11 is 5.28. The number of anilines is 1. The summed E-state index contributed by atoms with van der Waals surface area (Å²) in [7, 11) is 0. The Kier molecular flexibility index (Phi) is 5.26. The van der Waals surface area contributed by atoms with Gasteiger partial charge in [-0.2, -0.15) is 5.10 Å². The summed E-state index contributed by atoms with van der Waals surface area (Å²) < 4.78 is 7.41. The predicted molar refractivity (Wildman–Crippen MR) is 111 cm³/mol. The molecule has 0 spiro atoms. The molecule has 0 bridgehead atoms. The van der Waals surface area contributed by atoms with E-state index in [9.17, 15) is 9.59 Å². The van der Waals surface area contributed by atoms with E-state index in [2.05, 4.69) is 10.2 Å². The van der Waals surface area contributed by atoms with Gasteiger partial charge in [0.2, 0.25) is 5.91 Å². The minimum atomic E-state index is -0.457. The maximum absolute atomic E-state index is 12.5. The fraction of sp³-hybridized carbons (Fsp3) is 0.238. The highest BCUT2D eigenvalue weighted by atomic mass is 32.1. The first-order valence-electron chi connectivity index (χ1n) is 9.34. The van der Waals surface area contributed by atoms with Crippen LogP contribution in [-0.4, -0.2) is 33.2 Å². The largest absolute Gasteiger partial charge is 0.425 e. The molecule has 0 aliphatic carbocycles. The number of nitrogens with zero attached hydrogens (tertiary/aromatic N) is 3. The van der Waals surface area contributed by atoms with Crippen LogP contribution < -0.4 is 9.64 Å². The number of H-pyrrole nitrogens is 1. The zero-order valence-electron chi connectivity index (χ0n) is 15.9. The van der Waals surface area contributed by atoms with Gasteiger partial charge in [-0.1, -0.05) is 23.8 Å². The van der Waals surface area contributed by atoms with Crippen LogP contribution >= 0.6 is 12.2 Å². The number of rotatable bonds is 5. The Morgan fingerprint density at radius 3 is 2.72 bits per heavy atom. The van der Waals surface area contributed by atoms with E-state index in [-0.39, 0.29) is 12.5 Å². The molecule has 1 aromatic heterocycles. The first kappa shape index (κ1) is 19.1. The van der Waals surface area contributed by atoms with E-state index < -0.39 is 5.97 Å². The standard InChI is InChI=1S/C21H20N4O3S/c1-14-4-2-5-15(12-14)20-22-23-21(29)25(20)13-19(27)28-17-9-7-16(8-10-17)24-11-3-6-18(24)26/h2,4-5,7-10,12H,3,6,11,13H2,1H3,(H,23,29). The van der Waals surface area contributed by atoms with Gasteiger partial charge in [0, 0.05) is 24.2 Å². The van der Waals surface area contributed by atoms with Crippen LogP contribution in [0.3, 0.4) is 0 Å². The Bertz CT molecular complexity index is 1120. The van der Waals surface area contributed by atoms with Crippen LogP contribution in [0.15, 0.2) is 48.5 Å². The van der Waals surface area contributed by atoms with Crippen LogP contribution in [0.5, 0.6) is 5.75 Å². The maximum atomic E-state index is 12.5. The monoisotopic (exact) mass is 408 g/mol. The number of hydrogen-bond acceptors (Lipinski definition) is 5. The van der Waals surface area contributed by atoms with Crippen molar-refractivity contribution in [2.45, 2.75) is 26.3 Å². The second-order valence-electron chi connectivity index (χ2n) is 6.92. The molecule has 1 fully saturated rings. The number of hydrogen-bond donors (Lipinski definition) is 1. The summed E-state index contributed by atoms with van der Waals surface area (Å²) in [6, 6.07) is 14.8. The molecule has 148 valence electrons. The van der Waals surface area contributed by atoms with E-state index in [0.717, 1.165) is 29.8 Å². The number of aromatic nitrogens is 3. The molecule has 4 rings (SSSR count). The van der Waals surface area contributed by atoms with E-state index >= 15 is 0 Å². The number of esters is 1. The van der Waals surface area contributed by atoms with E-state index in [1.165, 1.54) is 0 Å². The van der Waals surface area contributed by atoms with Crippen molar-refractivity contribution in [2.75, 3.05) is 11.4 Å². The highest BCUT2D eigenvalue weighted by molar-refractivity contribution is 7.71. The van der Waals surface area contributed by atoms with Crippen LogP contribution in [0.2, 0.25) is 0 Å². The third kappa shape index (κ3) is 4.12. The normalized spacial score (nSPS) is 13.7. The lowest BCUT2D eigenvalue weighted by Crippen LogP contribution is -2.23. The molecule has 0 radical (unpaired) electrons. The molecule has 2 aromatic carbocycles. The topological polar surface area (TPSA) is 80.2 Å². The van der Waals surface area contributed by atoms with Gasteiger partial charge in [0.1, 0.15) is 12.3 Å². The summed E-state index contributed by atoms with van der Waals surface area (Å²) in [6.07, 6.45) is 1.44. The van der Waals surface area contributed by atoms with Crippen LogP contribution in [0.1, 0.15) is 18.4 Å². The number of aryl methyl sites for hydroxylation is 1. The van der Waals surface area contributed by atoms with Crippen molar-refractivity contribution in [3.8, 4) is 17.1 Å². The lowest BCUT2D eigenvalue weighted by molar-refractivity contribution is -0.135. The smallest absolute Gasteiger partial charge is 0.331 e. The van der Waals surface area contributed by atoms with Gasteiger partial charge in [-0.3, -0.25) is 14.5 Å². The number of carbonyl (C=O) groups is 2. The average Bonchev–Trinajstić information content (AvgIpc) is 3.28. The van der Waals surface area contributed by atoms with Crippen molar-refractivity contribution in [3.05, 3.63) is 58.9 Å². The lowest BCUT2D eigenvalue weighted by Gasteiger charge is -2.15. The van der Waals surface area contributed by atoms with Gasteiger partial charge in [-0.15, -0.1) is 0 Å². The molecule has 0 saturated carbocycles. The fourth-order valence-electron chi connectivity index (χ4n) is 3.38. The van der Waals surface area contributed by atoms with Gasteiger partial charge in [-0.25, -0.2) is 4.79 Å². The van der Waals surface area contributed by atoms with Crippen molar-refractivity contribution >= 4 is 29.8 Å². The average molecular weight is 408 g/mol. The summed E-state index contributed by atoms with van der Waals surface area (Å²) in [6.45, 7) is 2.64. The summed E-state index contributed by atoms with van der Waals surface area (Å²) in [5, 5.41) is 6.99. The van der Waals surface area contributed by atoms with Gasteiger partial charge in [0.05, 0.1) is 0 Å². The Morgan fingerprint density at radius 1 is 1.24 bits per heavy atom. The highest BCUT2D eigenvalue weighted by Gasteiger charge is 2.21. The molecular formula is C21H20N4O3S. The van der Waals surface area contributed by atoms with E-state index in [1.54, 1.807) is 33.7 Å². The van der Waals surface area contributed by atoms with Gasteiger partial charge >= 0.3 is 5.97 Å². The molecule has 7 nitrogen and oxygen atoms in total. The molecule has 1 N–H and O–H groups in total. The Hall–Kier alpha value is -3.26. The van der Waals surface area contributed by atoms with Crippen molar-refractivity contribution < 1.29 is 14.3 Å². The Labute approximate surface area is 172 Å². The zero-order chi connectivity index (χ0) is 20.4. The molecule has 1 aliphatic rings. The molecule has 3 aromatic rings. The SMILES string of the molecule is Cc1cccc(-c2n[nH]c(=S)n2CC(=O)Oc2ccc(N3CCCC3=O)cc2)c1. The van der Waals surface area contributed by atoms with Crippen LogP contribution in [0.4, 0.5) is 5.69 Å². The summed E-state index contributed by atoms with van der Waals surface area (Å²) in [5.74, 6) is 0.658. The van der Waals surface area contributed by atoms with Gasteiger partial charge in [0.15, 0.2) is 10.6 Å². The number of nitrogens with one attached hydrogen (secondary N) is 1. The molecule has 0 unspecified atom stereocenters. The highest BCUT2D eigenvalue weighted by Crippen LogP contribution is 2.24. The second kappa shape index (κ2) is 8.00. The maximum Gasteiger partial charge on any atom is 0.331 e. The van der Waals surface area contributed by atoms with Crippen molar-refractivity contribution in [1.29, 1.82) is 0 Å². The summed E-state index contributed by atoms with van der Waals surface area (Å²) in [4.78, 5) is 26.1. The minimum absolute atomic E-state index is 0.0645. The molecule has 1 saturated heterocycles. The minimum Gasteiger partial charge on any atom is -0.425 e. The fourth-order valence-corrected chi connectivity index (χ4v) is 3.57. The first-order chi connectivity index (χ1) is 14.0. The third-order valence-corrected chi connectivity index (χ3v) is 5.09. The quantitative estimate of drug-likeness (QED) is 0.396. The molecule has 2 heterocycles. The second-order valence-corrected chi connectivity index (χ2v) is 7.31. The van der Waals surface area contributed by atoms with Gasteiger partial charge in [-0.05, 0) is 55.9 Å². The van der Waals surface area contributed by atoms with Gasteiger partial charge in [0.25, 0.3) is 0 Å². The molecule has 0 atom stereocenters. The number of benzene rings is 2. The third-order valence-electron chi connectivity index (χ3n) is 4.78. The van der Waals surface area contributed by atoms with Crippen LogP contribution in [0, 0.1) is 11.7 Å². The molecular weight excluding hydrogens is 388 g/mol. The van der Waals surface area contributed by atoms with Gasteiger partial charge < -0.3 is 9.64 Å². The lowest BCUT2D eigenvalue weighted by atomic mass is 10.1. The number of carbonyl (C=O) groups excluding carboxylic acids is 2. The first-order valence-corrected chi connectivity index (χ1v) is 9.75. The van der Waals surface area contributed by atoms with E-state index in [0.29, 0.717) is 22.8 Å². The number of amides is 1. The van der Waals surface area contributed by atoms with Crippen molar-refractivity contribution in [3.63, 3.8) is 0 Å². The zero-order valence-corrected chi connectivity index (χ0v) is 16.7. The molecule has 8 heteroatoms. The molecule has 1 aliphatic heterocycles. The van der Waals surface area contributed by atoms with Crippen LogP contribution in [-0.2, 0) is 16.1 Å². The number of ether oxygens (including phenoxy) is 1. The molecule has 29 heavy (non-hydrogen) atoms. The van der Waals surface area contributed by atoms with Crippen molar-refractivity contribution in [2.24, 2.45) is 0 Å². The molecule has 1 amide bonds. The number of aromatic amines is 1. The van der Waals surface area contributed by atoms with Crippen molar-refractivity contribution in [1.82, 2.24) is 14.8 Å².